The van der Waals surface area contributed by atoms with Crippen LogP contribution in [0.5, 0.6) is 0 Å². The maximum Gasteiger partial charge on any atom is 0.140 e. The Labute approximate surface area is 200 Å². The second-order valence-electron chi connectivity index (χ2n) is 8.31. The summed E-state index contributed by atoms with van der Waals surface area (Å²) in [4.78, 5) is 7.13. The van der Waals surface area contributed by atoms with Gasteiger partial charge in [-0.2, -0.15) is 0 Å². The molecule has 0 atom stereocenters. The van der Waals surface area contributed by atoms with Gasteiger partial charge in [0.2, 0.25) is 0 Å². The van der Waals surface area contributed by atoms with Gasteiger partial charge in [0.1, 0.15) is 11.6 Å². The van der Waals surface area contributed by atoms with Crippen molar-refractivity contribution >= 4 is 11.6 Å². The van der Waals surface area contributed by atoms with E-state index in [2.05, 4.69) is 52.8 Å². The van der Waals surface area contributed by atoms with Crippen LogP contribution in [0, 0.1) is 5.82 Å². The maximum atomic E-state index is 13.6. The SMILES string of the molecule is CCCCn1c(CN(Cc2ccccc2)Cc2ccc(F)cc2Cl)cnc1-c1ccccc1. The van der Waals surface area contributed by atoms with Gasteiger partial charge in [0.05, 0.1) is 11.9 Å². The van der Waals surface area contributed by atoms with Crippen LogP contribution in [0.15, 0.2) is 85.1 Å². The average Bonchev–Trinajstić information content (AvgIpc) is 3.23. The number of aromatic nitrogens is 2. The van der Waals surface area contributed by atoms with Crippen LogP contribution >= 0.6 is 11.6 Å². The Morgan fingerprint density at radius 1 is 0.909 bits per heavy atom. The molecule has 1 heterocycles. The summed E-state index contributed by atoms with van der Waals surface area (Å²) >= 11 is 6.38. The molecule has 0 aliphatic rings. The van der Waals surface area contributed by atoms with Gasteiger partial charge in [0, 0.05) is 36.8 Å². The van der Waals surface area contributed by atoms with Crippen LogP contribution in [0.2, 0.25) is 5.02 Å². The van der Waals surface area contributed by atoms with Gasteiger partial charge in [-0.05, 0) is 29.7 Å². The third kappa shape index (κ3) is 6.10. The van der Waals surface area contributed by atoms with E-state index in [1.54, 1.807) is 6.07 Å². The number of rotatable bonds is 10. The molecule has 5 heteroatoms. The molecule has 0 saturated heterocycles. The van der Waals surface area contributed by atoms with Gasteiger partial charge in [-0.3, -0.25) is 4.90 Å². The average molecular weight is 462 g/mol. The van der Waals surface area contributed by atoms with Crippen molar-refractivity contribution in [1.29, 1.82) is 0 Å². The van der Waals surface area contributed by atoms with Crippen molar-refractivity contribution in [3.05, 3.63) is 113 Å². The standard InChI is InChI=1S/C28H29ClFN3/c1-2-3-16-33-26(18-31-28(33)23-12-8-5-9-13-23)21-32(19-22-10-6-4-7-11-22)20-24-14-15-25(30)17-27(24)29/h4-15,17-18H,2-3,16,19-21H2,1H3. The van der Waals surface area contributed by atoms with E-state index in [1.807, 2.05) is 30.5 Å². The molecule has 0 fully saturated rings. The largest absolute Gasteiger partial charge is 0.327 e. The predicted octanol–water partition coefficient (Wildman–Crippen LogP) is 7.35. The van der Waals surface area contributed by atoms with Gasteiger partial charge < -0.3 is 4.57 Å². The van der Waals surface area contributed by atoms with Crippen molar-refractivity contribution in [3.8, 4) is 11.4 Å². The number of nitrogens with zero attached hydrogens (tertiary/aromatic N) is 3. The van der Waals surface area contributed by atoms with Crippen molar-refractivity contribution < 1.29 is 4.39 Å². The van der Waals surface area contributed by atoms with Crippen LogP contribution in [-0.4, -0.2) is 14.5 Å². The lowest BCUT2D eigenvalue weighted by Crippen LogP contribution is -2.24. The molecule has 0 unspecified atom stereocenters. The fourth-order valence-electron chi connectivity index (χ4n) is 4.05. The van der Waals surface area contributed by atoms with E-state index in [0.29, 0.717) is 18.1 Å². The highest BCUT2D eigenvalue weighted by molar-refractivity contribution is 6.31. The van der Waals surface area contributed by atoms with Crippen LogP contribution in [0.1, 0.15) is 36.6 Å². The lowest BCUT2D eigenvalue weighted by molar-refractivity contribution is 0.241. The van der Waals surface area contributed by atoms with Crippen LogP contribution < -0.4 is 0 Å². The molecule has 0 aliphatic heterocycles. The number of halogens is 2. The predicted molar refractivity (Wildman–Crippen MR) is 133 cm³/mol. The van der Waals surface area contributed by atoms with E-state index in [0.717, 1.165) is 48.6 Å². The highest BCUT2D eigenvalue weighted by Gasteiger charge is 2.17. The van der Waals surface area contributed by atoms with E-state index in [-0.39, 0.29) is 5.82 Å². The first-order valence-corrected chi connectivity index (χ1v) is 11.8. The van der Waals surface area contributed by atoms with Crippen LogP contribution in [0.25, 0.3) is 11.4 Å². The Hall–Kier alpha value is -2.95. The summed E-state index contributed by atoms with van der Waals surface area (Å²) in [7, 11) is 0. The van der Waals surface area contributed by atoms with E-state index in [1.165, 1.54) is 17.7 Å². The summed E-state index contributed by atoms with van der Waals surface area (Å²) in [6, 6.07) is 25.4. The van der Waals surface area contributed by atoms with Crippen LogP contribution in [-0.2, 0) is 26.2 Å². The number of imidazole rings is 1. The fraction of sp³-hybridized carbons (Fsp3) is 0.250. The summed E-state index contributed by atoms with van der Waals surface area (Å²) < 4.78 is 15.9. The van der Waals surface area contributed by atoms with E-state index in [4.69, 9.17) is 16.6 Å². The van der Waals surface area contributed by atoms with Gasteiger partial charge in [0.25, 0.3) is 0 Å². The monoisotopic (exact) mass is 461 g/mol. The Kier molecular flexibility index (Phi) is 7.92. The molecule has 3 nitrogen and oxygen atoms in total. The first-order chi connectivity index (χ1) is 16.1. The molecule has 170 valence electrons. The normalized spacial score (nSPS) is 11.3. The first kappa shape index (κ1) is 23.2. The number of benzene rings is 3. The maximum absolute atomic E-state index is 13.6. The van der Waals surface area contributed by atoms with Crippen LogP contribution in [0.4, 0.5) is 4.39 Å². The number of hydrogen-bond donors (Lipinski definition) is 0. The molecule has 33 heavy (non-hydrogen) atoms. The lowest BCUT2D eigenvalue weighted by Gasteiger charge is -2.24. The minimum absolute atomic E-state index is 0.316. The summed E-state index contributed by atoms with van der Waals surface area (Å²) in [6.45, 7) is 5.22. The zero-order valence-corrected chi connectivity index (χ0v) is 19.7. The summed E-state index contributed by atoms with van der Waals surface area (Å²) in [5.41, 5.74) is 4.42. The highest BCUT2D eigenvalue weighted by atomic mass is 35.5. The van der Waals surface area contributed by atoms with Gasteiger partial charge in [-0.15, -0.1) is 0 Å². The Morgan fingerprint density at radius 3 is 2.33 bits per heavy atom. The molecule has 0 radical (unpaired) electrons. The molecule has 0 spiro atoms. The highest BCUT2D eigenvalue weighted by Crippen LogP contribution is 2.24. The van der Waals surface area contributed by atoms with Crippen LogP contribution in [0.3, 0.4) is 0 Å². The molecule has 0 bridgehead atoms. The van der Waals surface area contributed by atoms with Crippen molar-refractivity contribution in [2.45, 2.75) is 45.9 Å². The molecule has 0 N–H and O–H groups in total. The van der Waals surface area contributed by atoms with Gasteiger partial charge in [0.15, 0.2) is 0 Å². The summed E-state index contributed by atoms with van der Waals surface area (Å²) in [6.07, 6.45) is 4.19. The first-order valence-electron chi connectivity index (χ1n) is 11.4. The zero-order chi connectivity index (χ0) is 23.0. The number of unbranched alkanes of at least 4 members (excludes halogenated alkanes) is 1. The molecular weight excluding hydrogens is 433 g/mol. The Bertz CT molecular complexity index is 1160. The molecule has 4 rings (SSSR count). The second-order valence-corrected chi connectivity index (χ2v) is 8.72. The van der Waals surface area contributed by atoms with E-state index >= 15 is 0 Å². The zero-order valence-electron chi connectivity index (χ0n) is 18.9. The minimum atomic E-state index is -0.316. The van der Waals surface area contributed by atoms with E-state index < -0.39 is 0 Å². The lowest BCUT2D eigenvalue weighted by atomic mass is 10.1. The number of hydrogen-bond acceptors (Lipinski definition) is 2. The van der Waals surface area contributed by atoms with E-state index in [9.17, 15) is 4.39 Å². The topological polar surface area (TPSA) is 21.1 Å². The third-order valence-electron chi connectivity index (χ3n) is 5.75. The quantitative estimate of drug-likeness (QED) is 0.246. The van der Waals surface area contributed by atoms with Gasteiger partial charge >= 0.3 is 0 Å². The summed E-state index contributed by atoms with van der Waals surface area (Å²) in [5, 5.41) is 0.456. The van der Waals surface area contributed by atoms with Gasteiger partial charge in [-0.1, -0.05) is 91.7 Å². The smallest absolute Gasteiger partial charge is 0.140 e. The summed E-state index contributed by atoms with van der Waals surface area (Å²) in [5.74, 6) is 0.682. The molecule has 3 aromatic carbocycles. The molecule has 0 amide bonds. The fourth-order valence-corrected chi connectivity index (χ4v) is 4.28. The van der Waals surface area contributed by atoms with Crippen molar-refractivity contribution in [2.75, 3.05) is 0 Å². The molecule has 0 aliphatic carbocycles. The van der Waals surface area contributed by atoms with Crippen molar-refractivity contribution in [2.24, 2.45) is 0 Å². The Morgan fingerprint density at radius 2 is 1.64 bits per heavy atom. The second kappa shape index (κ2) is 11.3. The Balaban J connectivity index is 1.65. The molecule has 0 saturated carbocycles. The molecule has 1 aromatic heterocycles. The van der Waals surface area contributed by atoms with Crippen molar-refractivity contribution in [3.63, 3.8) is 0 Å². The molecule has 4 aromatic rings. The van der Waals surface area contributed by atoms with Crippen molar-refractivity contribution in [1.82, 2.24) is 14.5 Å². The van der Waals surface area contributed by atoms with Gasteiger partial charge in [-0.25, -0.2) is 9.37 Å². The molecular formula is C28H29ClFN3. The minimum Gasteiger partial charge on any atom is -0.327 e. The third-order valence-corrected chi connectivity index (χ3v) is 6.10.